The zero-order valence-electron chi connectivity index (χ0n) is 21.1. The van der Waals surface area contributed by atoms with E-state index < -0.39 is 12.0 Å². The van der Waals surface area contributed by atoms with Crippen molar-refractivity contribution in [2.75, 3.05) is 55.6 Å². The molecule has 0 aromatic heterocycles. The second-order valence-corrected chi connectivity index (χ2v) is 8.61. The molecule has 0 spiro atoms. The number of morpholine rings is 1. The number of nitrogens with zero attached hydrogens (tertiary/aromatic N) is 1. The van der Waals surface area contributed by atoms with Gasteiger partial charge in [0.2, 0.25) is 0 Å². The number of hydrogen-bond acceptors (Lipinski definition) is 8. The summed E-state index contributed by atoms with van der Waals surface area (Å²) in [4.78, 5) is 27.6. The van der Waals surface area contributed by atoms with Crippen LogP contribution in [0.1, 0.15) is 17.2 Å². The standard InChI is InChI=1S/C28H31N5O5/c1-36-25(34)18-38-24-8-3-2-7-23(24)26(31-21-6-4-5-19(17-21)27(29)30)28(35)32-20-9-11-22(12-10-20)33-13-15-37-16-14-33/h2-12,17,26,31H,13-16,18H2,1H3,(H3,29,30)(H,32,35). The molecule has 0 bridgehead atoms. The van der Waals surface area contributed by atoms with E-state index in [2.05, 4.69) is 20.3 Å². The number of amidine groups is 1. The maximum Gasteiger partial charge on any atom is 0.343 e. The average Bonchev–Trinajstić information content (AvgIpc) is 2.95. The Bertz CT molecular complexity index is 1270. The zero-order chi connectivity index (χ0) is 26.9. The average molecular weight is 518 g/mol. The lowest BCUT2D eigenvalue weighted by Gasteiger charge is -2.29. The third-order valence-electron chi connectivity index (χ3n) is 6.06. The second kappa shape index (κ2) is 12.6. The van der Waals surface area contributed by atoms with Crippen LogP contribution in [0.4, 0.5) is 17.1 Å². The number of ether oxygens (including phenoxy) is 3. The van der Waals surface area contributed by atoms with Crippen LogP contribution >= 0.6 is 0 Å². The van der Waals surface area contributed by atoms with Gasteiger partial charge in [0.25, 0.3) is 5.91 Å². The Morgan fingerprint density at radius 2 is 1.76 bits per heavy atom. The van der Waals surface area contributed by atoms with E-state index in [4.69, 9.17) is 20.6 Å². The van der Waals surface area contributed by atoms with Crippen molar-refractivity contribution in [1.29, 1.82) is 5.41 Å². The minimum atomic E-state index is -0.898. The second-order valence-electron chi connectivity index (χ2n) is 8.61. The number of carbonyl (C=O) groups is 2. The molecule has 1 fully saturated rings. The number of nitrogens with one attached hydrogen (secondary N) is 3. The number of methoxy groups -OCH3 is 1. The molecule has 1 saturated heterocycles. The number of anilines is 3. The lowest BCUT2D eigenvalue weighted by molar-refractivity contribution is -0.142. The monoisotopic (exact) mass is 517 g/mol. The summed E-state index contributed by atoms with van der Waals surface area (Å²) < 4.78 is 15.8. The van der Waals surface area contributed by atoms with Crippen LogP contribution in [0.15, 0.2) is 72.8 Å². The molecule has 38 heavy (non-hydrogen) atoms. The topological polar surface area (TPSA) is 139 Å². The van der Waals surface area contributed by atoms with Gasteiger partial charge in [-0.25, -0.2) is 4.79 Å². The molecule has 0 radical (unpaired) electrons. The number of carbonyl (C=O) groups excluding carboxylic acids is 2. The van der Waals surface area contributed by atoms with E-state index in [1.807, 2.05) is 24.3 Å². The summed E-state index contributed by atoms with van der Waals surface area (Å²) >= 11 is 0. The van der Waals surface area contributed by atoms with Crippen LogP contribution in [0.5, 0.6) is 5.75 Å². The summed E-state index contributed by atoms with van der Waals surface area (Å²) in [7, 11) is 1.28. The van der Waals surface area contributed by atoms with E-state index in [0.29, 0.717) is 41.5 Å². The maximum atomic E-state index is 13.7. The van der Waals surface area contributed by atoms with E-state index in [1.165, 1.54) is 7.11 Å². The molecule has 10 nitrogen and oxygen atoms in total. The fraction of sp³-hybridized carbons (Fsp3) is 0.250. The van der Waals surface area contributed by atoms with Crippen LogP contribution in [0.3, 0.4) is 0 Å². The molecule has 198 valence electrons. The third kappa shape index (κ3) is 6.80. The summed E-state index contributed by atoms with van der Waals surface area (Å²) in [6, 6.07) is 20.7. The molecule has 1 amide bonds. The minimum absolute atomic E-state index is 0.0863. The first-order chi connectivity index (χ1) is 18.4. The van der Waals surface area contributed by atoms with Gasteiger partial charge in [0.1, 0.15) is 17.6 Å². The lowest BCUT2D eigenvalue weighted by atomic mass is 10.0. The fourth-order valence-electron chi connectivity index (χ4n) is 4.07. The van der Waals surface area contributed by atoms with E-state index in [0.717, 1.165) is 18.8 Å². The van der Waals surface area contributed by atoms with E-state index in [-0.39, 0.29) is 18.3 Å². The summed E-state index contributed by atoms with van der Waals surface area (Å²) in [5, 5.41) is 14.0. The van der Waals surface area contributed by atoms with Gasteiger partial charge in [0.05, 0.1) is 20.3 Å². The van der Waals surface area contributed by atoms with Crippen molar-refractivity contribution in [2.24, 2.45) is 5.73 Å². The molecule has 3 aromatic carbocycles. The Hall–Kier alpha value is -4.57. The number of benzene rings is 3. The Labute approximate surface area is 221 Å². The molecule has 1 unspecified atom stereocenters. The lowest BCUT2D eigenvalue weighted by Crippen LogP contribution is -2.36. The first-order valence-corrected chi connectivity index (χ1v) is 12.2. The quantitative estimate of drug-likeness (QED) is 0.183. The largest absolute Gasteiger partial charge is 0.482 e. The third-order valence-corrected chi connectivity index (χ3v) is 6.06. The van der Waals surface area contributed by atoms with Gasteiger partial charge in [-0.15, -0.1) is 0 Å². The Kier molecular flexibility index (Phi) is 8.78. The van der Waals surface area contributed by atoms with Gasteiger partial charge < -0.3 is 35.5 Å². The molecular weight excluding hydrogens is 486 g/mol. The molecule has 10 heteroatoms. The molecular formula is C28H31N5O5. The van der Waals surface area contributed by atoms with Crippen LogP contribution < -0.4 is 26.0 Å². The summed E-state index contributed by atoms with van der Waals surface area (Å²) in [5.74, 6) is -0.609. The van der Waals surface area contributed by atoms with Crippen molar-refractivity contribution in [2.45, 2.75) is 6.04 Å². The van der Waals surface area contributed by atoms with Crippen LogP contribution in [0.25, 0.3) is 0 Å². The van der Waals surface area contributed by atoms with Crippen molar-refractivity contribution in [1.82, 2.24) is 0 Å². The van der Waals surface area contributed by atoms with Crippen molar-refractivity contribution in [3.05, 3.63) is 83.9 Å². The Balaban J connectivity index is 1.60. The maximum absolute atomic E-state index is 13.7. The van der Waals surface area contributed by atoms with Crippen LogP contribution in [0, 0.1) is 5.41 Å². The highest BCUT2D eigenvalue weighted by Crippen LogP contribution is 2.30. The molecule has 1 heterocycles. The van der Waals surface area contributed by atoms with Gasteiger partial charge in [0.15, 0.2) is 6.61 Å². The van der Waals surface area contributed by atoms with Gasteiger partial charge in [-0.05, 0) is 42.5 Å². The first-order valence-electron chi connectivity index (χ1n) is 12.2. The molecule has 5 N–H and O–H groups in total. The number of rotatable bonds is 10. The fourth-order valence-corrected chi connectivity index (χ4v) is 4.07. The summed E-state index contributed by atoms with van der Waals surface area (Å²) in [6.45, 7) is 2.71. The first kappa shape index (κ1) is 26.5. The smallest absolute Gasteiger partial charge is 0.343 e. The predicted octanol–water partition coefficient (Wildman–Crippen LogP) is 3.15. The van der Waals surface area contributed by atoms with Gasteiger partial charge in [-0.3, -0.25) is 10.2 Å². The van der Waals surface area contributed by atoms with Gasteiger partial charge in [-0.1, -0.05) is 30.3 Å². The SMILES string of the molecule is COC(=O)COc1ccccc1C(Nc1cccc(C(=N)N)c1)C(=O)Nc1ccc(N2CCOCC2)cc1. The van der Waals surface area contributed by atoms with Crippen LogP contribution in [0.2, 0.25) is 0 Å². The number of para-hydroxylation sites is 1. The highest BCUT2D eigenvalue weighted by molar-refractivity contribution is 5.99. The van der Waals surface area contributed by atoms with E-state index in [1.54, 1.807) is 48.5 Å². The zero-order valence-corrected chi connectivity index (χ0v) is 21.1. The van der Waals surface area contributed by atoms with E-state index >= 15 is 0 Å². The molecule has 0 saturated carbocycles. The normalized spacial score (nSPS) is 13.8. The van der Waals surface area contributed by atoms with Gasteiger partial charge in [-0.2, -0.15) is 0 Å². The highest BCUT2D eigenvalue weighted by Gasteiger charge is 2.25. The Morgan fingerprint density at radius 3 is 2.47 bits per heavy atom. The molecule has 0 aliphatic carbocycles. The number of nitrogen functional groups attached to an aromatic ring is 1. The van der Waals surface area contributed by atoms with Crippen molar-refractivity contribution >= 4 is 34.8 Å². The summed E-state index contributed by atoms with van der Waals surface area (Å²) in [5.41, 5.74) is 8.97. The Morgan fingerprint density at radius 1 is 1.03 bits per heavy atom. The molecule has 1 aliphatic rings. The molecule has 1 aliphatic heterocycles. The number of amides is 1. The van der Waals surface area contributed by atoms with Gasteiger partial charge >= 0.3 is 5.97 Å². The number of nitrogens with two attached hydrogens (primary N) is 1. The van der Waals surface area contributed by atoms with Gasteiger partial charge in [0, 0.05) is 41.3 Å². The summed E-state index contributed by atoms with van der Waals surface area (Å²) in [6.07, 6.45) is 0. The van der Waals surface area contributed by atoms with E-state index in [9.17, 15) is 9.59 Å². The van der Waals surface area contributed by atoms with Crippen molar-refractivity contribution in [3.63, 3.8) is 0 Å². The number of hydrogen-bond donors (Lipinski definition) is 4. The predicted molar refractivity (Wildman–Crippen MR) is 146 cm³/mol. The van der Waals surface area contributed by atoms with Crippen molar-refractivity contribution < 1.29 is 23.8 Å². The molecule has 1 atom stereocenters. The van der Waals surface area contributed by atoms with Crippen LogP contribution in [-0.2, 0) is 19.1 Å². The number of esters is 1. The highest BCUT2D eigenvalue weighted by atomic mass is 16.6. The van der Waals surface area contributed by atoms with Crippen molar-refractivity contribution in [3.8, 4) is 5.75 Å². The molecule has 3 aromatic rings. The van der Waals surface area contributed by atoms with Crippen LogP contribution in [-0.4, -0.2) is 57.7 Å². The molecule has 4 rings (SSSR count). The minimum Gasteiger partial charge on any atom is -0.482 e.